The first-order valence-corrected chi connectivity index (χ1v) is 11.1. The highest BCUT2D eigenvalue weighted by Crippen LogP contribution is 2.36. The monoisotopic (exact) mass is 475 g/mol. The minimum atomic E-state index is -0.950. The van der Waals surface area contributed by atoms with Crippen LogP contribution in [-0.4, -0.2) is 52.0 Å². The molecule has 1 aliphatic rings. The Morgan fingerprint density at radius 3 is 2.66 bits per heavy atom. The van der Waals surface area contributed by atoms with Crippen LogP contribution in [0.3, 0.4) is 0 Å². The van der Waals surface area contributed by atoms with Gasteiger partial charge in [-0.3, -0.25) is 15.1 Å². The van der Waals surface area contributed by atoms with Crippen LogP contribution in [0, 0.1) is 10.1 Å². The number of hydrogen-bond donors (Lipinski definition) is 1. The molecule has 1 aromatic heterocycles. The molecular weight excluding hydrogens is 458 g/mol. The maximum atomic E-state index is 11.5. The lowest BCUT2D eigenvalue weighted by atomic mass is 10.1. The van der Waals surface area contributed by atoms with Crippen LogP contribution in [0.4, 0.5) is 5.69 Å². The van der Waals surface area contributed by atoms with Gasteiger partial charge in [0.2, 0.25) is 0 Å². The second kappa shape index (κ2) is 9.01. The van der Waals surface area contributed by atoms with Gasteiger partial charge in [-0.25, -0.2) is 9.78 Å². The van der Waals surface area contributed by atoms with Gasteiger partial charge in [0.25, 0.3) is 5.69 Å². The minimum absolute atomic E-state index is 0.0450. The van der Waals surface area contributed by atoms with Gasteiger partial charge in [-0.15, -0.1) is 23.1 Å². The molecule has 0 saturated heterocycles. The summed E-state index contributed by atoms with van der Waals surface area (Å²) in [4.78, 5) is 30.8. The Kier molecular flexibility index (Phi) is 6.15. The summed E-state index contributed by atoms with van der Waals surface area (Å²) in [5.41, 5.74) is 0.943. The summed E-state index contributed by atoms with van der Waals surface area (Å²) in [5, 5.41) is 21.8. The molecule has 2 heterocycles. The molecule has 32 heavy (non-hydrogen) atoms. The molecule has 3 aromatic rings. The van der Waals surface area contributed by atoms with Gasteiger partial charge in [0.05, 0.1) is 41.0 Å². The van der Waals surface area contributed by atoms with E-state index < -0.39 is 16.9 Å². The van der Waals surface area contributed by atoms with Crippen LogP contribution >= 0.6 is 23.1 Å². The zero-order valence-electron chi connectivity index (χ0n) is 16.9. The van der Waals surface area contributed by atoms with Crippen LogP contribution in [0.25, 0.3) is 10.2 Å². The topological polar surface area (TPSA) is 133 Å². The maximum absolute atomic E-state index is 11.5. The number of methoxy groups -OCH3 is 2. The molecule has 2 aromatic carbocycles. The summed E-state index contributed by atoms with van der Waals surface area (Å²) < 4.78 is 17.0. The van der Waals surface area contributed by atoms with Crippen molar-refractivity contribution < 1.29 is 29.0 Å². The van der Waals surface area contributed by atoms with E-state index in [0.717, 1.165) is 10.2 Å². The van der Waals surface area contributed by atoms with E-state index in [1.54, 1.807) is 18.2 Å². The van der Waals surface area contributed by atoms with Gasteiger partial charge in [-0.2, -0.15) is 0 Å². The Balaban J connectivity index is 1.56. The minimum Gasteiger partial charge on any atom is -0.493 e. The lowest BCUT2D eigenvalue weighted by Crippen LogP contribution is -2.17. The van der Waals surface area contributed by atoms with E-state index in [2.05, 4.69) is 9.98 Å². The number of nitro groups is 1. The number of fused-ring (bicyclic) bond motifs is 1. The molecule has 0 bridgehead atoms. The van der Waals surface area contributed by atoms with Crippen LogP contribution in [0.2, 0.25) is 0 Å². The predicted octanol–water partition coefficient (Wildman–Crippen LogP) is 3.75. The van der Waals surface area contributed by atoms with Crippen LogP contribution in [0.1, 0.15) is 10.6 Å². The summed E-state index contributed by atoms with van der Waals surface area (Å²) >= 11 is 2.75. The number of aliphatic imine (C=N–C) groups is 1. The molecular formula is C20H17N3O7S2. The van der Waals surface area contributed by atoms with E-state index >= 15 is 0 Å². The zero-order chi connectivity index (χ0) is 22.8. The third kappa shape index (κ3) is 4.32. The molecule has 10 nitrogen and oxygen atoms in total. The van der Waals surface area contributed by atoms with Crippen molar-refractivity contribution in [1.82, 2.24) is 4.98 Å². The third-order valence-electron chi connectivity index (χ3n) is 4.65. The number of carboxylic acids is 1. The Hall–Kier alpha value is -3.38. The largest absolute Gasteiger partial charge is 0.493 e. The molecule has 166 valence electrons. The van der Waals surface area contributed by atoms with E-state index in [4.69, 9.17) is 19.3 Å². The van der Waals surface area contributed by atoms with Gasteiger partial charge in [0.1, 0.15) is 22.4 Å². The number of nitro benzene ring substituents is 1. The molecule has 0 saturated carbocycles. The van der Waals surface area contributed by atoms with Crippen molar-refractivity contribution in [3.8, 4) is 17.2 Å². The smallest absolute Gasteiger partial charge is 0.329 e. The average molecular weight is 476 g/mol. The standard InChI is InChI=1S/C20H17N3O7S2/c1-28-15-5-10(14(23(26)27)7-16(15)29-2)8-30-11-3-4-12-17(6-11)32-19(21-12)18-22-13(9-31-18)20(24)25/h3-7,13H,8-9H2,1-2H3,(H,24,25)/t13-/m1/s1. The number of nitrogens with zero attached hydrogens (tertiary/aromatic N) is 3. The van der Waals surface area contributed by atoms with Crippen molar-refractivity contribution in [3.05, 3.63) is 51.0 Å². The van der Waals surface area contributed by atoms with E-state index in [-0.39, 0.29) is 18.0 Å². The molecule has 12 heteroatoms. The fourth-order valence-electron chi connectivity index (χ4n) is 3.06. The number of benzene rings is 2. The van der Waals surface area contributed by atoms with Crippen molar-refractivity contribution in [1.29, 1.82) is 0 Å². The molecule has 0 radical (unpaired) electrons. The van der Waals surface area contributed by atoms with Crippen molar-refractivity contribution in [3.63, 3.8) is 0 Å². The summed E-state index contributed by atoms with van der Waals surface area (Å²) in [7, 11) is 2.86. The molecule has 4 rings (SSSR count). The number of rotatable bonds is 8. The summed E-state index contributed by atoms with van der Waals surface area (Å²) in [6, 6.07) is 7.37. The Morgan fingerprint density at radius 2 is 2.00 bits per heavy atom. The number of carbonyl (C=O) groups is 1. The molecule has 0 fully saturated rings. The van der Waals surface area contributed by atoms with Crippen LogP contribution in [0.5, 0.6) is 17.2 Å². The van der Waals surface area contributed by atoms with Gasteiger partial charge in [0.15, 0.2) is 17.5 Å². The van der Waals surface area contributed by atoms with Gasteiger partial charge in [0, 0.05) is 5.75 Å². The number of aliphatic carboxylic acids is 1. The van der Waals surface area contributed by atoms with Crippen molar-refractivity contribution in [2.45, 2.75) is 12.6 Å². The molecule has 0 spiro atoms. The number of thiazole rings is 1. The van der Waals surface area contributed by atoms with Crippen LogP contribution < -0.4 is 14.2 Å². The molecule has 0 aliphatic carbocycles. The number of ether oxygens (including phenoxy) is 3. The first kappa shape index (κ1) is 21.8. The first-order valence-electron chi connectivity index (χ1n) is 9.26. The number of thioether (sulfide) groups is 1. The Morgan fingerprint density at radius 1 is 1.25 bits per heavy atom. The van der Waals surface area contributed by atoms with Gasteiger partial charge >= 0.3 is 5.97 Å². The third-order valence-corrected chi connectivity index (χ3v) is 6.86. The van der Waals surface area contributed by atoms with Crippen molar-refractivity contribution >= 4 is 50.0 Å². The summed E-state index contributed by atoms with van der Waals surface area (Å²) in [5.74, 6) is 0.585. The number of aromatic nitrogens is 1. The van der Waals surface area contributed by atoms with Crippen molar-refractivity contribution in [2.24, 2.45) is 4.99 Å². The molecule has 0 unspecified atom stereocenters. The highest BCUT2D eigenvalue weighted by Gasteiger charge is 2.27. The fourth-order valence-corrected chi connectivity index (χ4v) is 5.15. The number of hydrogen-bond acceptors (Lipinski definition) is 10. The first-order chi connectivity index (χ1) is 15.4. The second-order valence-corrected chi connectivity index (χ2v) is 8.67. The van der Waals surface area contributed by atoms with Gasteiger partial charge in [-0.05, 0) is 24.3 Å². The average Bonchev–Trinajstić information content (AvgIpc) is 3.43. The highest BCUT2D eigenvalue weighted by molar-refractivity contribution is 8.15. The van der Waals surface area contributed by atoms with Crippen LogP contribution in [-0.2, 0) is 11.4 Å². The normalized spacial score (nSPS) is 15.4. The van der Waals surface area contributed by atoms with E-state index in [0.29, 0.717) is 32.9 Å². The van der Waals surface area contributed by atoms with E-state index in [1.165, 1.54) is 49.5 Å². The summed E-state index contributed by atoms with van der Waals surface area (Å²) in [6.45, 7) is -0.0450. The zero-order valence-corrected chi connectivity index (χ0v) is 18.6. The van der Waals surface area contributed by atoms with Gasteiger partial charge in [-0.1, -0.05) is 0 Å². The van der Waals surface area contributed by atoms with Crippen molar-refractivity contribution in [2.75, 3.05) is 20.0 Å². The van der Waals surface area contributed by atoms with Crippen LogP contribution in [0.15, 0.2) is 35.3 Å². The Bertz CT molecular complexity index is 1240. The fraction of sp³-hybridized carbons (Fsp3) is 0.250. The number of carboxylic acid groups (broad SMARTS) is 1. The molecule has 1 atom stereocenters. The molecule has 0 amide bonds. The van der Waals surface area contributed by atoms with E-state index in [1.807, 2.05) is 0 Å². The lowest BCUT2D eigenvalue weighted by Gasteiger charge is -2.11. The SMILES string of the molecule is COc1cc(COc2ccc3nc(C4=N[C@@H](C(=O)O)CS4)sc3c2)c([N+](=O)[O-])cc1OC. The summed E-state index contributed by atoms with van der Waals surface area (Å²) in [6.07, 6.45) is 0. The quantitative estimate of drug-likeness (QED) is 0.382. The highest BCUT2D eigenvalue weighted by atomic mass is 32.2. The Labute approximate surface area is 190 Å². The maximum Gasteiger partial charge on any atom is 0.329 e. The van der Waals surface area contributed by atoms with Gasteiger partial charge < -0.3 is 19.3 Å². The lowest BCUT2D eigenvalue weighted by molar-refractivity contribution is -0.385. The predicted molar refractivity (Wildman–Crippen MR) is 121 cm³/mol. The molecule has 1 aliphatic heterocycles. The molecule has 1 N–H and O–H groups in total. The second-order valence-electron chi connectivity index (χ2n) is 6.63. The van der Waals surface area contributed by atoms with E-state index in [9.17, 15) is 14.9 Å².